The van der Waals surface area contributed by atoms with E-state index in [9.17, 15) is 10.1 Å². The van der Waals surface area contributed by atoms with Crippen molar-refractivity contribution in [1.82, 2.24) is 9.78 Å². The molecule has 0 unspecified atom stereocenters. The number of hydrogen-bond acceptors (Lipinski definition) is 6. The van der Waals surface area contributed by atoms with Gasteiger partial charge in [0.1, 0.15) is 5.69 Å². The fraction of sp³-hybridized carbons (Fsp3) is 0.750. The summed E-state index contributed by atoms with van der Waals surface area (Å²) in [5, 5.41) is 24.2. The second-order valence-corrected chi connectivity index (χ2v) is 4.50. The van der Waals surface area contributed by atoms with Crippen LogP contribution in [-0.4, -0.2) is 46.2 Å². The third kappa shape index (κ3) is 3.07. The zero-order valence-electron chi connectivity index (χ0n) is 13.2. The number of nitrogens with zero attached hydrogens (tertiary/aromatic N) is 3. The Balaban J connectivity index is 2.34. The molecule has 20 heavy (non-hydrogen) atoms. The molecule has 2 heterocycles. The molecular formula is C12H19N3O5. The molecule has 0 aliphatic carbocycles. The highest BCUT2D eigenvalue weighted by atomic mass is 16.6. The first-order valence-corrected chi connectivity index (χ1v) is 6.47. The van der Waals surface area contributed by atoms with Crippen LogP contribution in [0.4, 0.5) is 5.69 Å². The van der Waals surface area contributed by atoms with E-state index in [0.29, 0.717) is 31.7 Å². The minimum absolute atomic E-state index is 0.0338. The molecule has 1 aliphatic heterocycles. The van der Waals surface area contributed by atoms with Gasteiger partial charge in [0.25, 0.3) is 0 Å². The highest BCUT2D eigenvalue weighted by Gasteiger charge is 2.30. The van der Waals surface area contributed by atoms with Crippen LogP contribution in [0.5, 0.6) is 5.88 Å². The van der Waals surface area contributed by atoms with Crippen molar-refractivity contribution in [2.45, 2.75) is 32.2 Å². The van der Waals surface area contributed by atoms with E-state index in [1.165, 1.54) is 4.68 Å². The van der Waals surface area contributed by atoms with E-state index in [2.05, 4.69) is 5.10 Å². The van der Waals surface area contributed by atoms with Crippen LogP contribution in [-0.2, 0) is 4.74 Å². The molecule has 0 aromatic carbocycles. The summed E-state index contributed by atoms with van der Waals surface area (Å²) in [6, 6.07) is -0.0338. The first kappa shape index (κ1) is 12.1. The molecule has 0 spiro atoms. The van der Waals surface area contributed by atoms with E-state index >= 15 is 0 Å². The summed E-state index contributed by atoms with van der Waals surface area (Å²) >= 11 is 0. The van der Waals surface area contributed by atoms with Crippen molar-refractivity contribution < 1.29 is 22.2 Å². The third-order valence-corrected chi connectivity index (χ3v) is 3.19. The van der Waals surface area contributed by atoms with Crippen molar-refractivity contribution in [3.05, 3.63) is 15.8 Å². The van der Waals surface area contributed by atoms with Crippen molar-refractivity contribution in [1.29, 1.82) is 0 Å². The van der Waals surface area contributed by atoms with Gasteiger partial charge in [0.15, 0.2) is 0 Å². The van der Waals surface area contributed by atoms with Crippen LogP contribution in [0.25, 0.3) is 0 Å². The van der Waals surface area contributed by atoms with Crippen LogP contribution in [0.1, 0.15) is 33.7 Å². The van der Waals surface area contributed by atoms with Crippen molar-refractivity contribution in [3.63, 3.8) is 0 Å². The molecule has 0 amide bonds. The first-order chi connectivity index (χ1) is 10.4. The standard InChI is InChI=1S/C12H19N3O5/c1-9-11(15(17)18)12(20-6-2-5-16)13-14(9)10-3-7-19-8-4-10/h10,16H,2-8H2,1H3/i6D2. The van der Waals surface area contributed by atoms with Crippen LogP contribution in [0, 0.1) is 17.0 Å². The summed E-state index contributed by atoms with van der Waals surface area (Å²) in [5.74, 6) is -0.354. The van der Waals surface area contributed by atoms with Gasteiger partial charge in [-0.05, 0) is 19.8 Å². The molecule has 1 aromatic heterocycles. The van der Waals surface area contributed by atoms with E-state index < -0.39 is 18.1 Å². The Morgan fingerprint density at radius 1 is 1.65 bits per heavy atom. The molecule has 1 aliphatic rings. The van der Waals surface area contributed by atoms with Gasteiger partial charge in [-0.1, -0.05) is 0 Å². The Hall–Kier alpha value is -1.67. The second kappa shape index (κ2) is 6.67. The number of hydrogen-bond donors (Lipinski definition) is 1. The predicted molar refractivity (Wildman–Crippen MR) is 69.9 cm³/mol. The maximum absolute atomic E-state index is 11.3. The summed E-state index contributed by atoms with van der Waals surface area (Å²) in [5.41, 5.74) is -0.0139. The molecule has 1 aromatic rings. The van der Waals surface area contributed by atoms with E-state index in [1.54, 1.807) is 6.92 Å². The topological polar surface area (TPSA) is 99.7 Å². The molecular weight excluding hydrogens is 266 g/mol. The van der Waals surface area contributed by atoms with Crippen molar-refractivity contribution >= 4 is 5.69 Å². The van der Waals surface area contributed by atoms with Crippen molar-refractivity contribution in [3.8, 4) is 5.88 Å². The molecule has 0 saturated carbocycles. The Morgan fingerprint density at radius 2 is 2.35 bits per heavy atom. The Kier molecular flexibility index (Phi) is 4.03. The minimum atomic E-state index is -2.22. The quantitative estimate of drug-likeness (QED) is 0.623. The highest BCUT2D eigenvalue weighted by Crippen LogP contribution is 2.33. The fourth-order valence-electron chi connectivity index (χ4n) is 2.21. The average molecular weight is 287 g/mol. The van der Waals surface area contributed by atoms with Gasteiger partial charge >= 0.3 is 11.6 Å². The lowest BCUT2D eigenvalue weighted by atomic mass is 10.1. The fourth-order valence-corrected chi connectivity index (χ4v) is 2.21. The lowest BCUT2D eigenvalue weighted by Crippen LogP contribution is -2.21. The van der Waals surface area contributed by atoms with Crippen molar-refractivity contribution in [2.24, 2.45) is 0 Å². The molecule has 1 saturated heterocycles. The average Bonchev–Trinajstić information content (AvgIpc) is 2.75. The van der Waals surface area contributed by atoms with Gasteiger partial charge in [-0.3, -0.25) is 14.8 Å². The van der Waals surface area contributed by atoms with Crippen LogP contribution >= 0.6 is 0 Å². The van der Waals surface area contributed by atoms with E-state index in [-0.39, 0.29) is 24.0 Å². The Labute approximate surface area is 119 Å². The van der Waals surface area contributed by atoms with Crippen LogP contribution in [0.2, 0.25) is 0 Å². The maximum atomic E-state index is 11.3. The van der Waals surface area contributed by atoms with Gasteiger partial charge in [0, 0.05) is 26.2 Å². The van der Waals surface area contributed by atoms with E-state index in [0.717, 1.165) is 0 Å². The number of ether oxygens (including phenoxy) is 2. The largest absolute Gasteiger partial charge is 0.472 e. The predicted octanol–water partition coefficient (Wildman–Crippen LogP) is 1.21. The van der Waals surface area contributed by atoms with Crippen LogP contribution < -0.4 is 4.74 Å². The van der Waals surface area contributed by atoms with Crippen molar-refractivity contribution in [2.75, 3.05) is 26.4 Å². The van der Waals surface area contributed by atoms with Gasteiger partial charge in [-0.25, -0.2) is 0 Å². The van der Waals surface area contributed by atoms with Gasteiger partial charge < -0.3 is 14.6 Å². The summed E-state index contributed by atoms with van der Waals surface area (Å²) in [6.07, 6.45) is 1.07. The number of rotatable bonds is 6. The smallest absolute Gasteiger partial charge is 0.352 e. The number of nitro groups is 1. The number of aromatic nitrogens is 2. The van der Waals surface area contributed by atoms with Crippen LogP contribution in [0.3, 0.4) is 0 Å². The molecule has 1 N–H and O–H groups in total. The molecule has 2 rings (SSSR count). The van der Waals surface area contributed by atoms with Crippen LogP contribution in [0.15, 0.2) is 0 Å². The van der Waals surface area contributed by atoms with Gasteiger partial charge in [-0.15, -0.1) is 5.10 Å². The van der Waals surface area contributed by atoms with Gasteiger partial charge in [-0.2, -0.15) is 0 Å². The minimum Gasteiger partial charge on any atom is -0.472 e. The molecule has 0 bridgehead atoms. The number of aliphatic hydroxyl groups is 1. The number of aliphatic hydroxyl groups excluding tert-OH is 1. The lowest BCUT2D eigenvalue weighted by molar-refractivity contribution is -0.386. The summed E-state index contributed by atoms with van der Waals surface area (Å²) in [7, 11) is 0. The maximum Gasteiger partial charge on any atom is 0.352 e. The molecule has 112 valence electrons. The molecule has 8 heteroatoms. The summed E-state index contributed by atoms with van der Waals surface area (Å²) < 4.78 is 27.1. The third-order valence-electron chi connectivity index (χ3n) is 3.19. The SMILES string of the molecule is [2H]C([2H])(CCO)Oc1nn(C2CCOCC2)c(C)c1[N+](=O)[O-]. The first-order valence-electron chi connectivity index (χ1n) is 7.47. The lowest BCUT2D eigenvalue weighted by Gasteiger charge is -2.22. The highest BCUT2D eigenvalue weighted by molar-refractivity contribution is 5.45. The zero-order valence-corrected chi connectivity index (χ0v) is 11.2. The van der Waals surface area contributed by atoms with Gasteiger partial charge in [0.05, 0.1) is 20.3 Å². The molecule has 1 fully saturated rings. The molecule has 0 atom stereocenters. The monoisotopic (exact) mass is 287 g/mol. The Bertz CT molecular complexity index is 543. The van der Waals surface area contributed by atoms with Gasteiger partial charge in [0.2, 0.25) is 0 Å². The summed E-state index contributed by atoms with van der Waals surface area (Å²) in [4.78, 5) is 10.6. The Morgan fingerprint density at radius 3 is 2.95 bits per heavy atom. The van der Waals surface area contributed by atoms with E-state index in [4.69, 9.17) is 17.3 Å². The summed E-state index contributed by atoms with van der Waals surface area (Å²) in [6.45, 7) is 0.0227. The normalized spacial score (nSPS) is 18.5. The molecule has 0 radical (unpaired) electrons. The zero-order chi connectivity index (χ0) is 16.3. The molecule has 8 nitrogen and oxygen atoms in total. The second-order valence-electron chi connectivity index (χ2n) is 4.50. The van der Waals surface area contributed by atoms with E-state index in [1.807, 2.05) is 0 Å².